The Bertz CT molecular complexity index is 257. The van der Waals surface area contributed by atoms with Crippen molar-refractivity contribution in [2.24, 2.45) is 16.6 Å². The number of guanidine groups is 1. The lowest BCUT2D eigenvalue weighted by molar-refractivity contribution is -0.236. The van der Waals surface area contributed by atoms with Gasteiger partial charge in [-0.05, 0) is 0 Å². The van der Waals surface area contributed by atoms with Crippen LogP contribution >= 0.6 is 0 Å². The van der Waals surface area contributed by atoms with Crippen LogP contribution in [0.15, 0.2) is 5.10 Å². The minimum absolute atomic E-state index is 0.281. The van der Waals surface area contributed by atoms with Crippen LogP contribution in [0.5, 0.6) is 0 Å². The van der Waals surface area contributed by atoms with Gasteiger partial charge in [-0.25, -0.2) is 0 Å². The molecule has 0 unspecified atom stereocenters. The van der Waals surface area contributed by atoms with Crippen LogP contribution in [0.25, 0.3) is 0 Å². The van der Waals surface area contributed by atoms with Gasteiger partial charge in [0.05, 0.1) is 6.61 Å². The van der Waals surface area contributed by atoms with Gasteiger partial charge in [-0.1, -0.05) is 0 Å². The van der Waals surface area contributed by atoms with Crippen molar-refractivity contribution in [1.82, 2.24) is 5.43 Å². The summed E-state index contributed by atoms with van der Waals surface area (Å²) in [6.45, 7) is -0.509. The quantitative estimate of drug-likeness (QED) is 0.146. The molecule has 5 atom stereocenters. The monoisotopic (exact) mass is 236 g/mol. The lowest BCUT2D eigenvalue weighted by atomic mass is 9.99. The molecule has 9 heteroatoms. The topological polar surface area (TPSA) is 167 Å². The molecule has 0 aromatic rings. The Kier molecular flexibility index (Phi) is 4.26. The maximum Gasteiger partial charge on any atom is 0.208 e. The number of hydrazone groups is 1. The first-order chi connectivity index (χ1) is 7.47. The molecule has 1 rings (SSSR count). The Balaban J connectivity index is 2.67. The Morgan fingerprint density at radius 1 is 1.19 bits per heavy atom. The Labute approximate surface area is 91.3 Å². The molecule has 1 heterocycles. The van der Waals surface area contributed by atoms with Gasteiger partial charge in [-0.2, -0.15) is 0 Å². The zero-order valence-corrected chi connectivity index (χ0v) is 8.39. The van der Waals surface area contributed by atoms with Gasteiger partial charge < -0.3 is 36.6 Å². The predicted octanol–water partition coefficient (Wildman–Crippen LogP) is -4.44. The first kappa shape index (κ1) is 12.9. The van der Waals surface area contributed by atoms with Gasteiger partial charge in [0, 0.05) is 0 Å². The van der Waals surface area contributed by atoms with E-state index in [4.69, 9.17) is 21.3 Å². The van der Waals surface area contributed by atoms with Crippen molar-refractivity contribution in [2.75, 3.05) is 6.61 Å². The molecule has 9 N–H and O–H groups in total. The van der Waals surface area contributed by atoms with Gasteiger partial charge in [0.25, 0.3) is 0 Å². The van der Waals surface area contributed by atoms with E-state index >= 15 is 0 Å². The number of nitrogens with zero attached hydrogens (tertiary/aromatic N) is 1. The number of hydrogen-bond acceptors (Lipinski definition) is 7. The summed E-state index contributed by atoms with van der Waals surface area (Å²) >= 11 is 0. The second kappa shape index (κ2) is 5.27. The van der Waals surface area contributed by atoms with Crippen molar-refractivity contribution in [3.8, 4) is 0 Å². The largest absolute Gasteiger partial charge is 0.394 e. The molecule has 0 aromatic carbocycles. The fourth-order valence-corrected chi connectivity index (χ4v) is 1.35. The molecule has 94 valence electrons. The van der Waals surface area contributed by atoms with Crippen molar-refractivity contribution in [2.45, 2.75) is 30.6 Å². The fraction of sp³-hybridized carbons (Fsp3) is 0.857. The van der Waals surface area contributed by atoms with E-state index in [1.54, 1.807) is 0 Å². The standard InChI is InChI=1S/C7H16N4O5/c8-7(9)11-10-6-5(15)4(14)3(13)2(1-12)16-6/h2-6,10,12-15H,1H2,(H4,8,9,11)/t2-,3-,4-,5-,6+/m1/s1. The zero-order valence-electron chi connectivity index (χ0n) is 8.39. The van der Waals surface area contributed by atoms with Gasteiger partial charge >= 0.3 is 0 Å². The fourth-order valence-electron chi connectivity index (χ4n) is 1.35. The minimum Gasteiger partial charge on any atom is -0.394 e. The van der Waals surface area contributed by atoms with Gasteiger partial charge in [-0.3, -0.25) is 5.43 Å². The van der Waals surface area contributed by atoms with Crippen molar-refractivity contribution < 1.29 is 25.2 Å². The predicted molar refractivity (Wildman–Crippen MR) is 52.7 cm³/mol. The highest BCUT2D eigenvalue weighted by atomic mass is 16.6. The van der Waals surface area contributed by atoms with Crippen molar-refractivity contribution >= 4 is 5.96 Å². The lowest BCUT2D eigenvalue weighted by Gasteiger charge is -2.39. The van der Waals surface area contributed by atoms with Crippen molar-refractivity contribution in [3.63, 3.8) is 0 Å². The van der Waals surface area contributed by atoms with Gasteiger partial charge in [0.2, 0.25) is 5.96 Å². The lowest BCUT2D eigenvalue weighted by Crippen LogP contribution is -2.61. The molecule has 0 bridgehead atoms. The van der Waals surface area contributed by atoms with Crippen LogP contribution in [0.4, 0.5) is 0 Å². The second-order valence-corrected chi connectivity index (χ2v) is 3.42. The summed E-state index contributed by atoms with van der Waals surface area (Å²) in [5.74, 6) is -0.281. The average Bonchev–Trinajstić information content (AvgIpc) is 2.25. The summed E-state index contributed by atoms with van der Waals surface area (Å²) in [6, 6.07) is 0. The highest BCUT2D eigenvalue weighted by molar-refractivity contribution is 5.75. The summed E-state index contributed by atoms with van der Waals surface area (Å²) in [4.78, 5) is 0. The van der Waals surface area contributed by atoms with Crippen LogP contribution in [0.2, 0.25) is 0 Å². The molecule has 0 amide bonds. The molecule has 0 aromatic heterocycles. The second-order valence-electron chi connectivity index (χ2n) is 3.42. The number of nitrogens with one attached hydrogen (secondary N) is 1. The highest BCUT2D eigenvalue weighted by Crippen LogP contribution is 2.19. The van der Waals surface area contributed by atoms with E-state index in [1.807, 2.05) is 0 Å². The third-order valence-corrected chi connectivity index (χ3v) is 2.21. The molecule has 0 spiro atoms. The van der Waals surface area contributed by atoms with E-state index in [-0.39, 0.29) is 5.96 Å². The van der Waals surface area contributed by atoms with Crippen LogP contribution in [-0.2, 0) is 4.74 Å². The van der Waals surface area contributed by atoms with Crippen LogP contribution in [0.1, 0.15) is 0 Å². The summed E-state index contributed by atoms with van der Waals surface area (Å²) in [7, 11) is 0. The Morgan fingerprint density at radius 2 is 1.81 bits per heavy atom. The zero-order chi connectivity index (χ0) is 12.3. The molecule has 0 saturated carbocycles. The van der Waals surface area contributed by atoms with E-state index in [1.165, 1.54) is 0 Å². The van der Waals surface area contributed by atoms with Gasteiger partial charge in [0.15, 0.2) is 6.23 Å². The van der Waals surface area contributed by atoms with Crippen LogP contribution < -0.4 is 16.9 Å². The van der Waals surface area contributed by atoms with Crippen molar-refractivity contribution in [3.05, 3.63) is 0 Å². The van der Waals surface area contributed by atoms with Crippen molar-refractivity contribution in [1.29, 1.82) is 0 Å². The Morgan fingerprint density at radius 3 is 2.31 bits per heavy atom. The molecule has 1 saturated heterocycles. The Hall–Kier alpha value is -1.13. The molecule has 9 nitrogen and oxygen atoms in total. The summed E-state index contributed by atoms with van der Waals surface area (Å²) in [6.07, 6.45) is -6.39. The first-order valence-electron chi connectivity index (χ1n) is 4.62. The highest BCUT2D eigenvalue weighted by Gasteiger charge is 2.43. The van der Waals surface area contributed by atoms with Crippen LogP contribution in [0, 0.1) is 0 Å². The van der Waals surface area contributed by atoms with E-state index in [9.17, 15) is 15.3 Å². The SMILES string of the molecule is NC(N)=NN[C@H]1O[C@H](CO)[C@@H](O)[C@@H](O)[C@H]1O. The maximum atomic E-state index is 9.50. The molecule has 1 aliphatic rings. The number of aliphatic hydroxyl groups excluding tert-OH is 4. The molecule has 1 fully saturated rings. The number of aliphatic hydroxyl groups is 4. The molecule has 0 radical (unpaired) electrons. The van der Waals surface area contributed by atoms with E-state index < -0.39 is 37.3 Å². The molecular weight excluding hydrogens is 220 g/mol. The smallest absolute Gasteiger partial charge is 0.208 e. The minimum atomic E-state index is -1.46. The van der Waals surface area contributed by atoms with Crippen LogP contribution in [-0.4, -0.2) is 63.6 Å². The van der Waals surface area contributed by atoms with E-state index in [0.29, 0.717) is 0 Å². The van der Waals surface area contributed by atoms with E-state index in [2.05, 4.69) is 10.5 Å². The number of hydrogen-bond donors (Lipinski definition) is 7. The summed E-state index contributed by atoms with van der Waals surface area (Å²) in [5, 5.41) is 40.6. The first-order valence-corrected chi connectivity index (χ1v) is 4.62. The summed E-state index contributed by atoms with van der Waals surface area (Å²) in [5.41, 5.74) is 12.4. The van der Waals surface area contributed by atoms with E-state index in [0.717, 1.165) is 0 Å². The maximum absolute atomic E-state index is 9.50. The average molecular weight is 236 g/mol. The normalized spacial score (nSPS) is 39.1. The molecule has 0 aliphatic carbocycles. The molecule has 16 heavy (non-hydrogen) atoms. The summed E-state index contributed by atoms with van der Waals surface area (Å²) < 4.78 is 5.04. The number of rotatable bonds is 3. The van der Waals surface area contributed by atoms with Gasteiger partial charge in [0.1, 0.15) is 24.4 Å². The van der Waals surface area contributed by atoms with Crippen LogP contribution in [0.3, 0.4) is 0 Å². The third kappa shape index (κ3) is 2.71. The molecule has 1 aliphatic heterocycles. The van der Waals surface area contributed by atoms with Gasteiger partial charge in [-0.15, -0.1) is 5.10 Å². The number of ether oxygens (including phenoxy) is 1. The third-order valence-electron chi connectivity index (χ3n) is 2.21. The number of nitrogens with two attached hydrogens (primary N) is 2. The molecular formula is C7H16N4O5.